The maximum atomic E-state index is 12.6. The zero-order chi connectivity index (χ0) is 15.4. The molecule has 1 aromatic rings. The van der Waals surface area contributed by atoms with Crippen LogP contribution in [0.25, 0.3) is 0 Å². The molecular formula is C15H19F3N2. The average Bonchev–Trinajstić information content (AvgIpc) is 2.35. The Kier molecular flexibility index (Phi) is 5.04. The van der Waals surface area contributed by atoms with Crippen LogP contribution < -0.4 is 5.32 Å². The van der Waals surface area contributed by atoms with Gasteiger partial charge in [-0.05, 0) is 51.3 Å². The number of hydrogen-bond donors (Lipinski definition) is 1. The van der Waals surface area contributed by atoms with Crippen LogP contribution in [0.3, 0.4) is 0 Å². The third-order valence-electron chi connectivity index (χ3n) is 3.16. The highest BCUT2D eigenvalue weighted by Gasteiger charge is 2.30. The Morgan fingerprint density at radius 1 is 1.25 bits per heavy atom. The standard InChI is InChI=1S/C15H19F3N2/c1-11-5-6-12(15(16,17)18)9-13(11)20-8-4-7-14(2,3)10-19/h5-6,9,20H,4,7-8H2,1-3H3. The molecule has 0 atom stereocenters. The number of nitrogens with one attached hydrogen (secondary N) is 1. The summed E-state index contributed by atoms with van der Waals surface area (Å²) in [6.07, 6.45) is -2.89. The second kappa shape index (κ2) is 6.17. The maximum Gasteiger partial charge on any atom is 0.416 e. The second-order valence-corrected chi connectivity index (χ2v) is 5.55. The van der Waals surface area contributed by atoms with Gasteiger partial charge in [-0.25, -0.2) is 0 Å². The van der Waals surface area contributed by atoms with Gasteiger partial charge in [0.1, 0.15) is 0 Å². The topological polar surface area (TPSA) is 35.8 Å². The number of aryl methyl sites for hydroxylation is 1. The molecule has 20 heavy (non-hydrogen) atoms. The summed E-state index contributed by atoms with van der Waals surface area (Å²) >= 11 is 0. The second-order valence-electron chi connectivity index (χ2n) is 5.55. The lowest BCUT2D eigenvalue weighted by Gasteiger charge is -2.16. The zero-order valence-electron chi connectivity index (χ0n) is 11.9. The Bertz CT molecular complexity index is 499. The van der Waals surface area contributed by atoms with E-state index < -0.39 is 17.2 Å². The highest BCUT2D eigenvalue weighted by Crippen LogP contribution is 2.32. The van der Waals surface area contributed by atoms with Gasteiger partial charge in [-0.15, -0.1) is 0 Å². The van der Waals surface area contributed by atoms with Gasteiger partial charge in [0, 0.05) is 12.2 Å². The van der Waals surface area contributed by atoms with E-state index in [0.717, 1.165) is 24.1 Å². The largest absolute Gasteiger partial charge is 0.416 e. The van der Waals surface area contributed by atoms with Crippen molar-refractivity contribution in [1.29, 1.82) is 5.26 Å². The van der Waals surface area contributed by atoms with Crippen molar-refractivity contribution >= 4 is 5.69 Å². The molecule has 0 aliphatic carbocycles. The van der Waals surface area contributed by atoms with Crippen molar-refractivity contribution in [2.75, 3.05) is 11.9 Å². The molecule has 0 aliphatic heterocycles. The van der Waals surface area contributed by atoms with Gasteiger partial charge in [-0.1, -0.05) is 6.07 Å². The number of hydrogen-bond acceptors (Lipinski definition) is 2. The van der Waals surface area contributed by atoms with Crippen LogP contribution in [0.15, 0.2) is 18.2 Å². The normalized spacial score (nSPS) is 12.1. The molecule has 110 valence electrons. The van der Waals surface area contributed by atoms with Gasteiger partial charge >= 0.3 is 6.18 Å². The number of nitrogens with zero attached hydrogens (tertiary/aromatic N) is 1. The van der Waals surface area contributed by atoms with Crippen molar-refractivity contribution < 1.29 is 13.2 Å². The van der Waals surface area contributed by atoms with E-state index in [9.17, 15) is 13.2 Å². The number of nitriles is 1. The molecule has 5 heteroatoms. The Hall–Kier alpha value is -1.70. The molecule has 0 aromatic heterocycles. The minimum atomic E-state index is -4.33. The van der Waals surface area contributed by atoms with Gasteiger partial charge in [0.2, 0.25) is 0 Å². The summed E-state index contributed by atoms with van der Waals surface area (Å²) in [6.45, 7) is 6.01. The van der Waals surface area contributed by atoms with E-state index in [1.54, 1.807) is 6.92 Å². The summed E-state index contributed by atoms with van der Waals surface area (Å²) in [5.41, 5.74) is 0.222. The molecule has 0 bridgehead atoms. The van der Waals surface area contributed by atoms with Gasteiger partial charge in [-0.3, -0.25) is 0 Å². The molecule has 1 rings (SSSR count). The van der Waals surface area contributed by atoms with Gasteiger partial charge in [0.15, 0.2) is 0 Å². The molecule has 0 spiro atoms. The first-order valence-electron chi connectivity index (χ1n) is 6.49. The third kappa shape index (κ3) is 4.76. The molecule has 1 N–H and O–H groups in total. The third-order valence-corrected chi connectivity index (χ3v) is 3.16. The SMILES string of the molecule is Cc1ccc(C(F)(F)F)cc1NCCCC(C)(C)C#N. The highest BCUT2D eigenvalue weighted by molar-refractivity contribution is 5.53. The summed E-state index contributed by atoms with van der Waals surface area (Å²) in [4.78, 5) is 0. The van der Waals surface area contributed by atoms with Gasteiger partial charge < -0.3 is 5.32 Å². The Morgan fingerprint density at radius 2 is 1.90 bits per heavy atom. The van der Waals surface area contributed by atoms with E-state index in [1.807, 2.05) is 13.8 Å². The predicted octanol–water partition coefficient (Wildman–Crippen LogP) is 4.76. The zero-order valence-corrected chi connectivity index (χ0v) is 11.9. The van der Waals surface area contributed by atoms with Crippen molar-refractivity contribution in [3.8, 4) is 6.07 Å². The van der Waals surface area contributed by atoms with Crippen molar-refractivity contribution in [3.05, 3.63) is 29.3 Å². The first kappa shape index (κ1) is 16.4. The highest BCUT2D eigenvalue weighted by atomic mass is 19.4. The lowest BCUT2D eigenvalue weighted by Crippen LogP contribution is -2.12. The molecule has 0 radical (unpaired) electrons. The van der Waals surface area contributed by atoms with Crippen LogP contribution in [-0.2, 0) is 6.18 Å². The lowest BCUT2D eigenvalue weighted by molar-refractivity contribution is -0.137. The molecule has 0 heterocycles. The Morgan fingerprint density at radius 3 is 2.45 bits per heavy atom. The van der Waals surface area contributed by atoms with Gasteiger partial charge in [0.25, 0.3) is 0 Å². The van der Waals surface area contributed by atoms with Crippen LogP contribution in [0.5, 0.6) is 0 Å². The van der Waals surface area contributed by atoms with E-state index in [2.05, 4.69) is 11.4 Å². The smallest absolute Gasteiger partial charge is 0.385 e. The summed E-state index contributed by atoms with van der Waals surface area (Å²) in [5, 5.41) is 11.9. The van der Waals surface area contributed by atoms with Gasteiger partial charge in [0.05, 0.1) is 17.0 Å². The molecule has 2 nitrogen and oxygen atoms in total. The lowest BCUT2D eigenvalue weighted by atomic mass is 9.90. The molecular weight excluding hydrogens is 265 g/mol. The summed E-state index contributed by atoms with van der Waals surface area (Å²) in [7, 11) is 0. The number of benzene rings is 1. The monoisotopic (exact) mass is 284 g/mol. The number of anilines is 1. The maximum absolute atomic E-state index is 12.6. The number of halogens is 3. The van der Waals surface area contributed by atoms with Crippen LogP contribution in [0.2, 0.25) is 0 Å². The van der Waals surface area contributed by atoms with E-state index in [0.29, 0.717) is 18.7 Å². The Labute approximate surface area is 117 Å². The molecule has 1 aromatic carbocycles. The van der Waals surface area contributed by atoms with Crippen molar-refractivity contribution in [3.63, 3.8) is 0 Å². The van der Waals surface area contributed by atoms with E-state index in [4.69, 9.17) is 5.26 Å². The minimum Gasteiger partial charge on any atom is -0.385 e. The molecule has 0 unspecified atom stereocenters. The van der Waals surface area contributed by atoms with Gasteiger partial charge in [-0.2, -0.15) is 18.4 Å². The van der Waals surface area contributed by atoms with Crippen LogP contribution in [0, 0.1) is 23.7 Å². The van der Waals surface area contributed by atoms with E-state index in [-0.39, 0.29) is 0 Å². The summed E-state index contributed by atoms with van der Waals surface area (Å²) in [6, 6.07) is 5.88. The van der Waals surface area contributed by atoms with Crippen LogP contribution in [0.1, 0.15) is 37.8 Å². The predicted molar refractivity (Wildman–Crippen MR) is 73.3 cm³/mol. The van der Waals surface area contributed by atoms with E-state index >= 15 is 0 Å². The molecule has 0 aliphatic rings. The molecule has 0 saturated carbocycles. The van der Waals surface area contributed by atoms with Crippen molar-refractivity contribution in [2.24, 2.45) is 5.41 Å². The first-order valence-corrected chi connectivity index (χ1v) is 6.49. The Balaban J connectivity index is 2.63. The van der Waals surface area contributed by atoms with Crippen LogP contribution in [0.4, 0.5) is 18.9 Å². The summed E-state index contributed by atoms with van der Waals surface area (Å²) < 4.78 is 37.9. The number of rotatable bonds is 5. The molecule has 0 amide bonds. The average molecular weight is 284 g/mol. The summed E-state index contributed by atoms with van der Waals surface area (Å²) in [5.74, 6) is 0. The molecule has 0 fully saturated rings. The van der Waals surface area contributed by atoms with Crippen molar-refractivity contribution in [1.82, 2.24) is 0 Å². The fraction of sp³-hybridized carbons (Fsp3) is 0.533. The molecule has 0 saturated heterocycles. The fourth-order valence-corrected chi connectivity index (χ4v) is 1.80. The minimum absolute atomic E-state index is 0.398. The van der Waals surface area contributed by atoms with E-state index in [1.165, 1.54) is 6.07 Å². The fourth-order valence-electron chi connectivity index (χ4n) is 1.80. The number of alkyl halides is 3. The first-order chi connectivity index (χ1) is 9.15. The quantitative estimate of drug-likeness (QED) is 0.791. The van der Waals surface area contributed by atoms with Crippen molar-refractivity contribution in [2.45, 2.75) is 39.8 Å². The van der Waals surface area contributed by atoms with Crippen LogP contribution in [-0.4, -0.2) is 6.54 Å². The van der Waals surface area contributed by atoms with Crippen LogP contribution >= 0.6 is 0 Å².